The summed E-state index contributed by atoms with van der Waals surface area (Å²) in [5.74, 6) is 0.153. The Kier molecular flexibility index (Phi) is 5.51. The number of hydrogen-bond donors (Lipinski definition) is 2. The van der Waals surface area contributed by atoms with E-state index in [0.29, 0.717) is 17.1 Å². The van der Waals surface area contributed by atoms with Gasteiger partial charge in [-0.1, -0.05) is 18.2 Å². The maximum Gasteiger partial charge on any atom is 0.244 e. The molecule has 0 bridgehead atoms. The number of halogens is 1. The van der Waals surface area contributed by atoms with Crippen molar-refractivity contribution in [3.63, 3.8) is 0 Å². The lowest BCUT2D eigenvalue weighted by molar-refractivity contribution is -0.116. The Morgan fingerprint density at radius 2 is 1.89 bits per heavy atom. The zero-order valence-electron chi connectivity index (χ0n) is 15.3. The van der Waals surface area contributed by atoms with Gasteiger partial charge in [0.25, 0.3) is 0 Å². The van der Waals surface area contributed by atoms with Crippen LogP contribution >= 0.6 is 15.9 Å². The normalized spacial score (nSPS) is 10.7. The third-order valence-electron chi connectivity index (χ3n) is 4.25. The number of aromatic nitrogens is 1. The molecule has 27 heavy (non-hydrogen) atoms. The van der Waals surface area contributed by atoms with Gasteiger partial charge >= 0.3 is 0 Å². The van der Waals surface area contributed by atoms with Gasteiger partial charge in [-0.15, -0.1) is 0 Å². The number of anilines is 2. The molecule has 1 heterocycles. The van der Waals surface area contributed by atoms with E-state index in [0.717, 1.165) is 21.1 Å². The summed E-state index contributed by atoms with van der Waals surface area (Å²) in [6.07, 6.45) is 0. The first-order valence-corrected chi connectivity index (χ1v) is 9.18. The van der Waals surface area contributed by atoms with Crippen LogP contribution in [0.1, 0.15) is 12.6 Å². The number of carbonyl (C=O) groups is 2. The molecular weight excluding hydrogens is 410 g/mol. The van der Waals surface area contributed by atoms with Crippen LogP contribution in [0.25, 0.3) is 10.9 Å². The number of para-hydroxylation sites is 1. The molecule has 2 aromatic carbocycles. The summed E-state index contributed by atoms with van der Waals surface area (Å²) in [6, 6.07) is 13.0. The SMILES string of the molecule is COc1ccc(NC(=O)Cn2c(C)c(Br)c3ccccc32)cc1NC(C)=O. The van der Waals surface area contributed by atoms with Crippen molar-refractivity contribution in [2.75, 3.05) is 17.7 Å². The highest BCUT2D eigenvalue weighted by molar-refractivity contribution is 9.10. The van der Waals surface area contributed by atoms with E-state index < -0.39 is 0 Å². The van der Waals surface area contributed by atoms with Gasteiger partial charge in [-0.05, 0) is 47.1 Å². The summed E-state index contributed by atoms with van der Waals surface area (Å²) in [5.41, 5.74) is 3.07. The monoisotopic (exact) mass is 429 g/mol. The number of amides is 2. The summed E-state index contributed by atoms with van der Waals surface area (Å²) >= 11 is 3.60. The van der Waals surface area contributed by atoms with Crippen LogP contribution in [0.15, 0.2) is 46.9 Å². The molecule has 0 aliphatic heterocycles. The summed E-state index contributed by atoms with van der Waals surface area (Å²) < 4.78 is 8.19. The first-order chi connectivity index (χ1) is 12.9. The van der Waals surface area contributed by atoms with Crippen molar-refractivity contribution in [1.29, 1.82) is 0 Å². The lowest BCUT2D eigenvalue weighted by atomic mass is 10.2. The molecule has 1 aromatic heterocycles. The van der Waals surface area contributed by atoms with Crippen LogP contribution in [0.2, 0.25) is 0 Å². The number of methoxy groups -OCH3 is 1. The molecule has 0 unspecified atom stereocenters. The molecule has 140 valence electrons. The Morgan fingerprint density at radius 3 is 2.59 bits per heavy atom. The van der Waals surface area contributed by atoms with Crippen molar-refractivity contribution in [2.24, 2.45) is 0 Å². The number of ether oxygens (including phenoxy) is 1. The zero-order valence-corrected chi connectivity index (χ0v) is 16.9. The minimum absolute atomic E-state index is 0.162. The molecule has 3 aromatic rings. The number of rotatable bonds is 5. The van der Waals surface area contributed by atoms with Crippen molar-refractivity contribution in [3.8, 4) is 5.75 Å². The molecule has 7 heteroatoms. The Balaban J connectivity index is 1.83. The molecule has 0 atom stereocenters. The maximum absolute atomic E-state index is 12.6. The number of nitrogens with one attached hydrogen (secondary N) is 2. The molecule has 2 N–H and O–H groups in total. The highest BCUT2D eigenvalue weighted by Crippen LogP contribution is 2.31. The fourth-order valence-electron chi connectivity index (χ4n) is 3.01. The third-order valence-corrected chi connectivity index (χ3v) is 5.25. The molecule has 0 saturated heterocycles. The van der Waals surface area contributed by atoms with Gasteiger partial charge in [-0.3, -0.25) is 9.59 Å². The van der Waals surface area contributed by atoms with E-state index in [-0.39, 0.29) is 18.4 Å². The molecule has 6 nitrogen and oxygen atoms in total. The first kappa shape index (κ1) is 19.0. The molecule has 2 amide bonds. The second-order valence-corrected chi connectivity index (χ2v) is 6.94. The Labute approximate surface area is 165 Å². The molecule has 0 spiro atoms. The van der Waals surface area contributed by atoms with Crippen LogP contribution in [-0.4, -0.2) is 23.5 Å². The van der Waals surface area contributed by atoms with Crippen molar-refractivity contribution in [1.82, 2.24) is 4.57 Å². The summed E-state index contributed by atoms with van der Waals surface area (Å²) in [4.78, 5) is 24.0. The zero-order chi connectivity index (χ0) is 19.6. The van der Waals surface area contributed by atoms with Crippen LogP contribution in [0, 0.1) is 6.92 Å². The average Bonchev–Trinajstić information content (AvgIpc) is 2.87. The highest BCUT2D eigenvalue weighted by atomic mass is 79.9. The molecule has 0 fully saturated rings. The van der Waals surface area contributed by atoms with Crippen molar-refractivity contribution >= 4 is 50.0 Å². The van der Waals surface area contributed by atoms with Crippen LogP contribution in [0.5, 0.6) is 5.75 Å². The molecule has 0 radical (unpaired) electrons. The fourth-order valence-corrected chi connectivity index (χ4v) is 3.56. The lowest BCUT2D eigenvalue weighted by Gasteiger charge is -2.13. The van der Waals surface area contributed by atoms with Crippen molar-refractivity contribution in [3.05, 3.63) is 52.6 Å². The van der Waals surface area contributed by atoms with Gasteiger partial charge in [-0.25, -0.2) is 0 Å². The number of fused-ring (bicyclic) bond motifs is 1. The number of nitrogens with zero attached hydrogens (tertiary/aromatic N) is 1. The minimum Gasteiger partial charge on any atom is -0.495 e. The van der Waals surface area contributed by atoms with Crippen LogP contribution in [0.3, 0.4) is 0 Å². The van der Waals surface area contributed by atoms with E-state index in [1.807, 2.05) is 35.8 Å². The minimum atomic E-state index is -0.212. The summed E-state index contributed by atoms with van der Waals surface area (Å²) in [6.45, 7) is 3.57. The predicted octanol–water partition coefficient (Wildman–Crippen LogP) is 4.32. The van der Waals surface area contributed by atoms with Gasteiger partial charge < -0.3 is 19.9 Å². The van der Waals surface area contributed by atoms with E-state index in [9.17, 15) is 9.59 Å². The van der Waals surface area contributed by atoms with Gasteiger partial charge in [0.15, 0.2) is 0 Å². The van der Waals surface area contributed by atoms with E-state index >= 15 is 0 Å². The second kappa shape index (κ2) is 7.84. The van der Waals surface area contributed by atoms with E-state index in [2.05, 4.69) is 26.6 Å². The Morgan fingerprint density at radius 1 is 1.15 bits per heavy atom. The summed E-state index contributed by atoms with van der Waals surface area (Å²) in [7, 11) is 1.52. The van der Waals surface area contributed by atoms with E-state index in [1.165, 1.54) is 14.0 Å². The van der Waals surface area contributed by atoms with Gasteiger partial charge in [0.05, 0.1) is 12.8 Å². The third kappa shape index (κ3) is 3.98. The van der Waals surface area contributed by atoms with Crippen LogP contribution in [0.4, 0.5) is 11.4 Å². The second-order valence-electron chi connectivity index (χ2n) is 6.15. The van der Waals surface area contributed by atoms with Crippen LogP contribution in [-0.2, 0) is 16.1 Å². The van der Waals surface area contributed by atoms with E-state index in [1.54, 1.807) is 18.2 Å². The smallest absolute Gasteiger partial charge is 0.244 e. The quantitative estimate of drug-likeness (QED) is 0.634. The number of hydrogen-bond acceptors (Lipinski definition) is 3. The van der Waals surface area contributed by atoms with Gasteiger partial charge in [0.1, 0.15) is 12.3 Å². The Bertz CT molecular complexity index is 1030. The lowest BCUT2D eigenvalue weighted by Crippen LogP contribution is -2.19. The van der Waals surface area contributed by atoms with Gasteiger partial charge in [0, 0.05) is 33.7 Å². The van der Waals surface area contributed by atoms with Crippen LogP contribution < -0.4 is 15.4 Å². The van der Waals surface area contributed by atoms with Crippen molar-refractivity contribution in [2.45, 2.75) is 20.4 Å². The molecule has 0 aliphatic rings. The predicted molar refractivity (Wildman–Crippen MR) is 110 cm³/mol. The van der Waals surface area contributed by atoms with Gasteiger partial charge in [-0.2, -0.15) is 0 Å². The topological polar surface area (TPSA) is 72.4 Å². The molecule has 0 aliphatic carbocycles. The fraction of sp³-hybridized carbons (Fsp3) is 0.200. The first-order valence-electron chi connectivity index (χ1n) is 8.39. The average molecular weight is 430 g/mol. The van der Waals surface area contributed by atoms with Gasteiger partial charge in [0.2, 0.25) is 11.8 Å². The molecule has 0 saturated carbocycles. The number of benzene rings is 2. The van der Waals surface area contributed by atoms with Crippen molar-refractivity contribution < 1.29 is 14.3 Å². The number of carbonyl (C=O) groups excluding carboxylic acids is 2. The molecular formula is C20H20BrN3O3. The standard InChI is InChI=1S/C20H20BrN3O3/c1-12-20(21)15-6-4-5-7-17(15)24(12)11-19(26)23-14-8-9-18(27-3)16(10-14)22-13(2)25/h4-10H,11H2,1-3H3,(H,22,25)(H,23,26). The van der Waals surface area contributed by atoms with E-state index in [4.69, 9.17) is 4.74 Å². The largest absolute Gasteiger partial charge is 0.495 e. The molecule has 3 rings (SSSR count). The Hall–Kier alpha value is -2.80. The highest BCUT2D eigenvalue weighted by Gasteiger charge is 2.15. The summed E-state index contributed by atoms with van der Waals surface area (Å²) in [5, 5.41) is 6.64. The maximum atomic E-state index is 12.6.